The molecule has 0 radical (unpaired) electrons. The Morgan fingerprint density at radius 1 is 0.978 bits per heavy atom. The topological polar surface area (TPSA) is 137 Å². The molecular formula is C34H28BrN3O7. The highest BCUT2D eigenvalue weighted by Crippen LogP contribution is 2.40. The van der Waals surface area contributed by atoms with Gasteiger partial charge < -0.3 is 4.74 Å². The zero-order chi connectivity index (χ0) is 31.8. The van der Waals surface area contributed by atoms with Crippen molar-refractivity contribution in [3.8, 4) is 11.3 Å². The Kier molecular flexibility index (Phi) is 8.28. The number of nitro benzene ring substituents is 1. The minimum absolute atomic E-state index is 0.146. The number of imide groups is 1. The summed E-state index contributed by atoms with van der Waals surface area (Å²) >= 11 is 3.51. The highest BCUT2D eigenvalue weighted by atomic mass is 79.9. The monoisotopic (exact) mass is 669 g/mol. The number of esters is 1. The SMILES string of the molecule is CCc1cc(Br)cc2c(C(=O)OCC(=O)c3ccc([N+](=O)[O-])cc3)cc(-c3ccc(N4C(=O)C5CCCCC5C4=O)cc3)nc12. The van der Waals surface area contributed by atoms with Crippen molar-refractivity contribution >= 4 is 61.8 Å². The van der Waals surface area contributed by atoms with Gasteiger partial charge in [0.15, 0.2) is 12.4 Å². The zero-order valence-corrected chi connectivity index (χ0v) is 25.9. The molecule has 2 fully saturated rings. The minimum atomic E-state index is -0.730. The van der Waals surface area contributed by atoms with Gasteiger partial charge in [-0.15, -0.1) is 0 Å². The summed E-state index contributed by atoms with van der Waals surface area (Å²) < 4.78 is 6.20. The van der Waals surface area contributed by atoms with Gasteiger partial charge >= 0.3 is 5.97 Å². The van der Waals surface area contributed by atoms with Crippen LogP contribution in [-0.4, -0.2) is 40.1 Å². The first-order valence-electron chi connectivity index (χ1n) is 14.7. The molecule has 1 saturated carbocycles. The Balaban J connectivity index is 1.30. The predicted octanol–water partition coefficient (Wildman–Crippen LogP) is 6.85. The second-order valence-electron chi connectivity index (χ2n) is 11.2. The lowest BCUT2D eigenvalue weighted by Crippen LogP contribution is -2.30. The van der Waals surface area contributed by atoms with Crippen LogP contribution in [0, 0.1) is 22.0 Å². The molecular weight excluding hydrogens is 642 g/mol. The smallest absolute Gasteiger partial charge is 0.339 e. The third-order valence-corrected chi connectivity index (χ3v) is 9.01. The number of ether oxygens (including phenoxy) is 1. The number of pyridine rings is 1. The molecule has 4 aromatic rings. The molecule has 1 aromatic heterocycles. The number of halogens is 1. The number of amides is 2. The van der Waals surface area contributed by atoms with Gasteiger partial charge in [0.25, 0.3) is 5.69 Å². The summed E-state index contributed by atoms with van der Waals surface area (Å²) in [5.74, 6) is -2.03. The van der Waals surface area contributed by atoms with Gasteiger partial charge in [0.2, 0.25) is 11.8 Å². The van der Waals surface area contributed by atoms with E-state index in [4.69, 9.17) is 9.72 Å². The van der Waals surface area contributed by atoms with E-state index < -0.39 is 23.3 Å². The third kappa shape index (κ3) is 5.75. The summed E-state index contributed by atoms with van der Waals surface area (Å²) in [6.07, 6.45) is 4.01. The third-order valence-electron chi connectivity index (χ3n) is 8.55. The number of nitrogens with zero attached hydrogens (tertiary/aromatic N) is 3. The van der Waals surface area contributed by atoms with Gasteiger partial charge in [0.05, 0.1) is 39.2 Å². The first-order valence-corrected chi connectivity index (χ1v) is 15.5. The quantitative estimate of drug-likeness (QED) is 0.0653. The fraction of sp³-hybridized carbons (Fsp3) is 0.265. The second-order valence-corrected chi connectivity index (χ2v) is 12.1. The number of anilines is 1. The van der Waals surface area contributed by atoms with Gasteiger partial charge in [0.1, 0.15) is 0 Å². The molecule has 1 aliphatic heterocycles. The van der Waals surface area contributed by atoms with E-state index in [0.29, 0.717) is 34.3 Å². The van der Waals surface area contributed by atoms with Gasteiger partial charge in [-0.2, -0.15) is 0 Å². The molecule has 0 spiro atoms. The molecule has 10 nitrogen and oxygen atoms in total. The molecule has 2 unspecified atom stereocenters. The molecule has 11 heteroatoms. The number of benzene rings is 3. The number of carbonyl (C=O) groups excluding carboxylic acids is 4. The maximum atomic E-state index is 13.5. The lowest BCUT2D eigenvalue weighted by atomic mass is 9.81. The van der Waals surface area contributed by atoms with E-state index >= 15 is 0 Å². The maximum Gasteiger partial charge on any atom is 0.339 e. The van der Waals surface area contributed by atoms with Crippen LogP contribution >= 0.6 is 15.9 Å². The van der Waals surface area contributed by atoms with E-state index in [1.165, 1.54) is 29.2 Å². The van der Waals surface area contributed by atoms with Crippen molar-refractivity contribution in [1.29, 1.82) is 0 Å². The molecule has 1 saturated heterocycles. The molecule has 1 aliphatic carbocycles. The highest BCUT2D eigenvalue weighted by molar-refractivity contribution is 9.10. The summed E-state index contributed by atoms with van der Waals surface area (Å²) in [7, 11) is 0. The van der Waals surface area contributed by atoms with Gasteiger partial charge in [-0.3, -0.25) is 29.4 Å². The minimum Gasteiger partial charge on any atom is -0.454 e. The maximum absolute atomic E-state index is 13.5. The van der Waals surface area contributed by atoms with Crippen LogP contribution in [0.5, 0.6) is 0 Å². The molecule has 0 bridgehead atoms. The molecule has 45 heavy (non-hydrogen) atoms. The number of non-ortho nitro benzene ring substituents is 1. The Labute approximate surface area is 266 Å². The number of ketones is 1. The van der Waals surface area contributed by atoms with Crippen molar-refractivity contribution in [1.82, 2.24) is 4.98 Å². The van der Waals surface area contributed by atoms with Crippen LogP contribution in [0.2, 0.25) is 0 Å². The van der Waals surface area contributed by atoms with Crippen LogP contribution in [0.4, 0.5) is 11.4 Å². The number of nitro groups is 1. The first-order chi connectivity index (χ1) is 21.7. The van der Waals surface area contributed by atoms with Crippen molar-refractivity contribution in [3.05, 3.63) is 98.0 Å². The van der Waals surface area contributed by atoms with Crippen LogP contribution in [0.25, 0.3) is 22.2 Å². The number of hydrogen-bond donors (Lipinski definition) is 0. The van der Waals surface area contributed by atoms with Gasteiger partial charge in [-0.25, -0.2) is 9.78 Å². The summed E-state index contributed by atoms with van der Waals surface area (Å²) in [5.41, 5.74) is 3.38. The van der Waals surface area contributed by atoms with E-state index in [1.807, 2.05) is 13.0 Å². The lowest BCUT2D eigenvalue weighted by molar-refractivity contribution is -0.384. The van der Waals surface area contributed by atoms with Crippen LogP contribution < -0.4 is 4.90 Å². The van der Waals surface area contributed by atoms with E-state index in [-0.39, 0.29) is 40.5 Å². The van der Waals surface area contributed by atoms with Crippen molar-refractivity contribution < 1.29 is 28.8 Å². The standard InChI is InChI=1S/C34H28BrN3O7/c1-2-19-15-22(35)16-27-28(34(42)45-18-30(39)21-9-13-24(14-10-21)38(43)44)17-29(36-31(19)27)20-7-11-23(12-8-20)37-32(40)25-5-3-4-6-26(25)33(37)41/h7-17,25-26H,2-6,18H2,1H3. The molecule has 6 rings (SSSR count). The number of Topliss-reactive ketones (excluding diaryl/α,β-unsaturated/α-hetero) is 1. The van der Waals surface area contributed by atoms with Crippen molar-refractivity contribution in [2.45, 2.75) is 39.0 Å². The van der Waals surface area contributed by atoms with Gasteiger partial charge in [0, 0.05) is 33.1 Å². The normalized spacial score (nSPS) is 17.8. The second kappa shape index (κ2) is 12.3. The molecule has 0 N–H and O–H groups in total. The molecule has 2 atom stereocenters. The fourth-order valence-electron chi connectivity index (χ4n) is 6.21. The number of fused-ring (bicyclic) bond motifs is 2. The van der Waals surface area contributed by atoms with Crippen molar-refractivity contribution in [2.24, 2.45) is 11.8 Å². The highest BCUT2D eigenvalue weighted by Gasteiger charge is 2.48. The summed E-state index contributed by atoms with van der Waals surface area (Å²) in [4.78, 5) is 68.9. The largest absolute Gasteiger partial charge is 0.454 e. The average molecular weight is 671 g/mol. The Morgan fingerprint density at radius 3 is 2.22 bits per heavy atom. The Morgan fingerprint density at radius 2 is 1.62 bits per heavy atom. The van der Waals surface area contributed by atoms with Gasteiger partial charge in [-0.05, 0) is 67.3 Å². The molecule has 2 amide bonds. The molecule has 3 aromatic carbocycles. The predicted molar refractivity (Wildman–Crippen MR) is 170 cm³/mol. The zero-order valence-electron chi connectivity index (χ0n) is 24.3. The Hall–Kier alpha value is -4.77. The van der Waals surface area contributed by atoms with Crippen LogP contribution in [0.1, 0.15) is 58.9 Å². The van der Waals surface area contributed by atoms with Crippen LogP contribution in [0.15, 0.2) is 71.2 Å². The number of carbonyl (C=O) groups is 4. The molecule has 2 aliphatic rings. The van der Waals surface area contributed by atoms with E-state index in [0.717, 1.165) is 35.7 Å². The summed E-state index contributed by atoms with van der Waals surface area (Å²) in [6.45, 7) is 1.42. The number of aromatic nitrogens is 1. The Bertz CT molecular complexity index is 1850. The van der Waals surface area contributed by atoms with Crippen LogP contribution in [-0.2, 0) is 20.7 Å². The van der Waals surface area contributed by atoms with E-state index in [1.54, 1.807) is 36.4 Å². The summed E-state index contributed by atoms with van der Waals surface area (Å²) in [6, 6.07) is 17.3. The fourth-order valence-corrected chi connectivity index (χ4v) is 6.71. The first kappa shape index (κ1) is 30.3. The van der Waals surface area contributed by atoms with E-state index in [2.05, 4.69) is 15.9 Å². The lowest BCUT2D eigenvalue weighted by Gasteiger charge is -2.19. The van der Waals surface area contributed by atoms with Crippen molar-refractivity contribution in [3.63, 3.8) is 0 Å². The van der Waals surface area contributed by atoms with E-state index in [9.17, 15) is 29.3 Å². The average Bonchev–Trinajstić information content (AvgIpc) is 3.31. The van der Waals surface area contributed by atoms with Crippen LogP contribution in [0.3, 0.4) is 0 Å². The van der Waals surface area contributed by atoms with Crippen molar-refractivity contribution in [2.75, 3.05) is 11.5 Å². The molecule has 228 valence electrons. The number of aryl methyl sites for hydroxylation is 1. The molecule has 2 heterocycles. The van der Waals surface area contributed by atoms with Gasteiger partial charge in [-0.1, -0.05) is 47.8 Å². The number of hydrogen-bond acceptors (Lipinski definition) is 8. The number of rotatable bonds is 8. The summed E-state index contributed by atoms with van der Waals surface area (Å²) in [5, 5.41) is 11.5.